The maximum Gasteiger partial charge on any atom is 0.224 e. The number of hydrogen-bond donors (Lipinski definition) is 1. The lowest BCUT2D eigenvalue weighted by Crippen LogP contribution is -2.20. The molecule has 4 heteroatoms. The number of carbonyl (C=O) groups excluding carboxylic acids is 1. The maximum absolute atomic E-state index is 14.3. The van der Waals surface area contributed by atoms with Gasteiger partial charge in [-0.15, -0.1) is 0 Å². The highest BCUT2D eigenvalue weighted by Gasteiger charge is 2.48. The highest BCUT2D eigenvalue weighted by Crippen LogP contribution is 2.58. The number of carbonyl (C=O) groups is 1. The number of rotatable bonds is 2. The first kappa shape index (κ1) is 12.8. The summed E-state index contributed by atoms with van der Waals surface area (Å²) in [5, 5.41) is 2.76. The van der Waals surface area contributed by atoms with Gasteiger partial charge in [-0.3, -0.25) is 4.79 Å². The van der Waals surface area contributed by atoms with Crippen molar-refractivity contribution in [2.24, 2.45) is 17.8 Å². The standard InChI is InChI=1S/C16H17BrFNO/c17-16(11-4-9-3-10(9)5-11)12-6-8-1-2-15(20)19-14(8)7-13(12)18/h6-7,9-11,16H,1-5H2,(H,19,20). The summed E-state index contributed by atoms with van der Waals surface area (Å²) >= 11 is 3.72. The molecule has 2 nitrogen and oxygen atoms in total. The molecule has 0 spiro atoms. The molecule has 1 aromatic carbocycles. The van der Waals surface area contributed by atoms with Crippen molar-refractivity contribution < 1.29 is 9.18 Å². The van der Waals surface area contributed by atoms with Crippen LogP contribution in [0.3, 0.4) is 0 Å². The van der Waals surface area contributed by atoms with Gasteiger partial charge in [0.25, 0.3) is 0 Å². The molecule has 20 heavy (non-hydrogen) atoms. The SMILES string of the molecule is O=C1CCc2cc(C(Br)C3CC4CC4C3)c(F)cc2N1. The average molecular weight is 338 g/mol. The number of nitrogens with one attached hydrogen (secondary N) is 1. The number of fused-ring (bicyclic) bond motifs is 2. The van der Waals surface area contributed by atoms with Gasteiger partial charge in [-0.1, -0.05) is 15.9 Å². The normalized spacial score (nSPS) is 32.3. The summed E-state index contributed by atoms with van der Waals surface area (Å²) in [4.78, 5) is 11.5. The zero-order chi connectivity index (χ0) is 13.9. The van der Waals surface area contributed by atoms with E-state index in [0.29, 0.717) is 24.4 Å². The van der Waals surface area contributed by atoms with E-state index in [9.17, 15) is 9.18 Å². The molecule has 3 atom stereocenters. The molecule has 106 valence electrons. The topological polar surface area (TPSA) is 29.1 Å². The Bertz CT molecular complexity index is 578. The van der Waals surface area contributed by atoms with Crippen molar-refractivity contribution in [1.82, 2.24) is 0 Å². The van der Waals surface area contributed by atoms with Crippen LogP contribution in [0.5, 0.6) is 0 Å². The third kappa shape index (κ3) is 2.09. The first-order valence-electron chi connectivity index (χ1n) is 7.38. The first-order valence-corrected chi connectivity index (χ1v) is 8.29. The fourth-order valence-electron chi connectivity index (χ4n) is 3.89. The molecule has 2 fully saturated rings. The van der Waals surface area contributed by atoms with Gasteiger partial charge in [0, 0.05) is 22.5 Å². The summed E-state index contributed by atoms with van der Waals surface area (Å²) in [5.41, 5.74) is 2.48. The number of halogens is 2. The van der Waals surface area contributed by atoms with Gasteiger partial charge in [0.2, 0.25) is 5.91 Å². The maximum atomic E-state index is 14.3. The summed E-state index contributed by atoms with van der Waals surface area (Å²) in [6.07, 6.45) is 5.05. The van der Waals surface area contributed by atoms with Gasteiger partial charge in [0.15, 0.2) is 0 Å². The van der Waals surface area contributed by atoms with Crippen molar-refractivity contribution in [3.05, 3.63) is 29.1 Å². The van der Waals surface area contributed by atoms with Gasteiger partial charge in [-0.05, 0) is 61.1 Å². The number of amides is 1. The Morgan fingerprint density at radius 1 is 1.20 bits per heavy atom. The number of aryl methyl sites for hydroxylation is 1. The Labute approximate surface area is 126 Å². The lowest BCUT2D eigenvalue weighted by molar-refractivity contribution is -0.116. The Hall–Kier alpha value is -0.900. The molecule has 0 saturated heterocycles. The molecular weight excluding hydrogens is 321 g/mol. The minimum atomic E-state index is -0.201. The van der Waals surface area contributed by atoms with E-state index in [4.69, 9.17) is 0 Å². The number of alkyl halides is 1. The number of anilines is 1. The fraction of sp³-hybridized carbons (Fsp3) is 0.562. The van der Waals surface area contributed by atoms with E-state index < -0.39 is 0 Å². The van der Waals surface area contributed by atoms with Crippen LogP contribution in [-0.4, -0.2) is 5.91 Å². The first-order chi connectivity index (χ1) is 9.61. The Morgan fingerprint density at radius 3 is 2.70 bits per heavy atom. The van der Waals surface area contributed by atoms with Gasteiger partial charge in [0.05, 0.1) is 0 Å². The summed E-state index contributed by atoms with van der Waals surface area (Å²) in [5.74, 6) is 2.15. The van der Waals surface area contributed by atoms with Crippen molar-refractivity contribution in [2.75, 3.05) is 5.32 Å². The van der Waals surface area contributed by atoms with Gasteiger partial charge in [0.1, 0.15) is 5.82 Å². The van der Waals surface area contributed by atoms with Crippen LogP contribution in [0, 0.1) is 23.6 Å². The van der Waals surface area contributed by atoms with Gasteiger partial charge < -0.3 is 5.32 Å². The largest absolute Gasteiger partial charge is 0.326 e. The molecule has 3 aliphatic rings. The molecule has 1 heterocycles. The van der Waals surface area contributed by atoms with Gasteiger partial charge in [-0.2, -0.15) is 0 Å². The Kier molecular flexibility index (Phi) is 2.92. The highest BCUT2D eigenvalue weighted by atomic mass is 79.9. The lowest BCUT2D eigenvalue weighted by Gasteiger charge is -2.23. The lowest BCUT2D eigenvalue weighted by atomic mass is 9.91. The summed E-state index contributed by atoms with van der Waals surface area (Å²) in [6.45, 7) is 0. The van der Waals surface area contributed by atoms with Gasteiger partial charge in [-0.25, -0.2) is 4.39 Å². The van der Waals surface area contributed by atoms with Crippen molar-refractivity contribution in [3.63, 3.8) is 0 Å². The van der Waals surface area contributed by atoms with E-state index in [1.54, 1.807) is 0 Å². The van der Waals surface area contributed by atoms with Crippen LogP contribution in [0.2, 0.25) is 0 Å². The Balaban J connectivity index is 1.62. The van der Waals surface area contributed by atoms with Crippen molar-refractivity contribution in [2.45, 2.75) is 36.9 Å². The summed E-state index contributed by atoms with van der Waals surface area (Å²) < 4.78 is 14.3. The van der Waals surface area contributed by atoms with Crippen LogP contribution in [0.15, 0.2) is 12.1 Å². The van der Waals surface area contributed by atoms with Crippen LogP contribution in [0.4, 0.5) is 10.1 Å². The highest BCUT2D eigenvalue weighted by molar-refractivity contribution is 9.09. The molecule has 0 radical (unpaired) electrons. The second-order valence-electron chi connectivity index (χ2n) is 6.47. The van der Waals surface area contributed by atoms with Crippen LogP contribution in [-0.2, 0) is 11.2 Å². The van der Waals surface area contributed by atoms with E-state index in [1.165, 1.54) is 25.3 Å². The quantitative estimate of drug-likeness (QED) is 0.805. The van der Waals surface area contributed by atoms with E-state index in [1.807, 2.05) is 6.07 Å². The molecule has 1 N–H and O–H groups in total. The van der Waals surface area contributed by atoms with Crippen molar-refractivity contribution in [3.8, 4) is 0 Å². The molecule has 0 aromatic heterocycles. The van der Waals surface area contributed by atoms with Crippen molar-refractivity contribution >= 4 is 27.5 Å². The van der Waals surface area contributed by atoms with Gasteiger partial charge >= 0.3 is 0 Å². The zero-order valence-electron chi connectivity index (χ0n) is 11.2. The van der Waals surface area contributed by atoms with Crippen LogP contribution < -0.4 is 5.32 Å². The Morgan fingerprint density at radius 2 is 1.95 bits per heavy atom. The second kappa shape index (κ2) is 4.55. The molecule has 4 rings (SSSR count). The van der Waals surface area contributed by atoms with Crippen LogP contribution in [0.1, 0.15) is 41.6 Å². The van der Waals surface area contributed by atoms with E-state index in [2.05, 4.69) is 21.2 Å². The predicted molar refractivity (Wildman–Crippen MR) is 79.3 cm³/mol. The number of hydrogen-bond acceptors (Lipinski definition) is 1. The van der Waals surface area contributed by atoms with Crippen molar-refractivity contribution in [1.29, 1.82) is 0 Å². The minimum absolute atomic E-state index is 0.0177. The molecule has 2 aliphatic carbocycles. The fourth-order valence-corrected chi connectivity index (χ4v) is 4.67. The monoisotopic (exact) mass is 337 g/mol. The molecule has 1 amide bonds. The van der Waals surface area contributed by atoms with Crippen LogP contribution in [0.25, 0.3) is 0 Å². The number of benzene rings is 1. The molecule has 1 aliphatic heterocycles. The smallest absolute Gasteiger partial charge is 0.224 e. The van der Waals surface area contributed by atoms with E-state index in [-0.39, 0.29) is 16.6 Å². The van der Waals surface area contributed by atoms with E-state index in [0.717, 1.165) is 23.0 Å². The minimum Gasteiger partial charge on any atom is -0.326 e. The zero-order valence-corrected chi connectivity index (χ0v) is 12.7. The summed E-state index contributed by atoms with van der Waals surface area (Å²) in [6, 6.07) is 3.44. The third-order valence-corrected chi connectivity index (χ3v) is 6.35. The predicted octanol–water partition coefficient (Wildman–Crippen LogP) is 4.19. The molecule has 0 bridgehead atoms. The second-order valence-corrected chi connectivity index (χ2v) is 7.45. The van der Waals surface area contributed by atoms with E-state index >= 15 is 0 Å². The average Bonchev–Trinajstić information content (AvgIpc) is 3.03. The molecule has 1 aromatic rings. The molecule has 3 unspecified atom stereocenters. The van der Waals surface area contributed by atoms with Crippen LogP contribution >= 0.6 is 15.9 Å². The third-order valence-electron chi connectivity index (χ3n) is 5.11. The summed E-state index contributed by atoms with van der Waals surface area (Å²) in [7, 11) is 0. The molecule has 2 saturated carbocycles. The molecular formula is C16H17BrFNO.